The molecular formula is C13H9BrCl2N2O2. The third-order valence-corrected chi connectivity index (χ3v) is 3.74. The molecule has 4 nitrogen and oxygen atoms in total. The summed E-state index contributed by atoms with van der Waals surface area (Å²) in [6.07, 6.45) is 1.40. The van der Waals surface area contributed by atoms with Crippen LogP contribution in [0.3, 0.4) is 0 Å². The summed E-state index contributed by atoms with van der Waals surface area (Å²) in [5.74, 6) is 0.834. The fourth-order valence-corrected chi connectivity index (χ4v) is 2.23. The van der Waals surface area contributed by atoms with Crippen molar-refractivity contribution in [2.45, 2.75) is 6.92 Å². The fraction of sp³-hybridized carbons (Fsp3) is 0.0769. The molecule has 0 aliphatic heterocycles. The highest BCUT2D eigenvalue weighted by molar-refractivity contribution is 9.10. The smallest absolute Gasteiger partial charge is 0.272 e. The number of carbonyl (C=O) groups is 1. The summed E-state index contributed by atoms with van der Waals surface area (Å²) < 4.78 is 6.19. The van der Waals surface area contributed by atoms with Gasteiger partial charge in [-0.3, -0.25) is 4.79 Å². The standard InChI is InChI=1S/C13H9BrCl2N2O2/c1-7-11(14)5-9(20-7)6-17-18-13(19)10-3-2-8(15)4-12(10)16/h2-6H,1H3,(H,18,19)/b17-6-. The molecule has 1 heterocycles. The minimum absolute atomic E-state index is 0.266. The van der Waals surface area contributed by atoms with E-state index in [-0.39, 0.29) is 5.02 Å². The van der Waals surface area contributed by atoms with Crippen molar-refractivity contribution in [1.29, 1.82) is 0 Å². The predicted octanol–water partition coefficient (Wildman–Crippen LogP) is 4.42. The van der Waals surface area contributed by atoms with E-state index in [1.54, 1.807) is 12.1 Å². The maximum Gasteiger partial charge on any atom is 0.272 e. The summed E-state index contributed by atoms with van der Waals surface area (Å²) in [5, 5.41) is 4.53. The van der Waals surface area contributed by atoms with Crippen molar-refractivity contribution < 1.29 is 9.21 Å². The van der Waals surface area contributed by atoms with Gasteiger partial charge in [0, 0.05) is 11.1 Å². The SMILES string of the molecule is Cc1oc(/C=N\NC(=O)c2ccc(Cl)cc2Cl)cc1Br. The van der Waals surface area contributed by atoms with Gasteiger partial charge in [-0.2, -0.15) is 5.10 Å². The Hall–Kier alpha value is -1.30. The number of hydrogen-bond acceptors (Lipinski definition) is 3. The van der Waals surface area contributed by atoms with Gasteiger partial charge in [0.15, 0.2) is 0 Å². The third-order valence-electron chi connectivity index (χ3n) is 2.41. The van der Waals surface area contributed by atoms with Crippen molar-refractivity contribution in [2.75, 3.05) is 0 Å². The van der Waals surface area contributed by atoms with Crippen LogP contribution >= 0.6 is 39.1 Å². The van der Waals surface area contributed by atoms with E-state index in [0.29, 0.717) is 16.3 Å². The van der Waals surface area contributed by atoms with Gasteiger partial charge in [0.2, 0.25) is 0 Å². The molecule has 1 N–H and O–H groups in total. The van der Waals surface area contributed by atoms with Gasteiger partial charge >= 0.3 is 0 Å². The molecule has 1 amide bonds. The molecule has 2 aromatic rings. The Labute approximate surface area is 133 Å². The molecule has 0 bridgehead atoms. The molecular weight excluding hydrogens is 367 g/mol. The van der Waals surface area contributed by atoms with Crippen LogP contribution in [0.15, 0.2) is 38.3 Å². The van der Waals surface area contributed by atoms with Crippen LogP contribution in [0, 0.1) is 6.92 Å². The molecule has 104 valence electrons. The Morgan fingerprint density at radius 1 is 1.40 bits per heavy atom. The van der Waals surface area contributed by atoms with Crippen LogP contribution in [-0.4, -0.2) is 12.1 Å². The zero-order valence-corrected chi connectivity index (χ0v) is 13.4. The average Bonchev–Trinajstić information content (AvgIpc) is 2.68. The number of aryl methyl sites for hydroxylation is 1. The van der Waals surface area contributed by atoms with Crippen LogP contribution in [0.25, 0.3) is 0 Å². The fourth-order valence-electron chi connectivity index (χ4n) is 1.43. The predicted molar refractivity (Wildman–Crippen MR) is 82.7 cm³/mol. The van der Waals surface area contributed by atoms with Crippen molar-refractivity contribution in [1.82, 2.24) is 5.43 Å². The Morgan fingerprint density at radius 3 is 2.75 bits per heavy atom. The monoisotopic (exact) mass is 374 g/mol. The highest BCUT2D eigenvalue weighted by Gasteiger charge is 2.09. The van der Waals surface area contributed by atoms with E-state index < -0.39 is 5.91 Å². The topological polar surface area (TPSA) is 54.6 Å². The molecule has 0 atom stereocenters. The largest absolute Gasteiger partial charge is 0.459 e. The second-order valence-corrected chi connectivity index (χ2v) is 5.57. The normalized spacial score (nSPS) is 11.0. The summed E-state index contributed by atoms with van der Waals surface area (Å²) in [6, 6.07) is 6.36. The molecule has 0 fully saturated rings. The van der Waals surface area contributed by atoms with Gasteiger partial charge < -0.3 is 4.42 Å². The number of nitrogens with one attached hydrogen (secondary N) is 1. The second kappa shape index (κ2) is 6.43. The highest BCUT2D eigenvalue weighted by Crippen LogP contribution is 2.21. The van der Waals surface area contributed by atoms with Gasteiger partial charge in [-0.1, -0.05) is 23.2 Å². The van der Waals surface area contributed by atoms with Crippen LogP contribution in [0.2, 0.25) is 10.0 Å². The van der Waals surface area contributed by atoms with E-state index in [2.05, 4.69) is 26.5 Å². The molecule has 0 aliphatic carbocycles. The summed E-state index contributed by atoms with van der Waals surface area (Å²) >= 11 is 15.0. The summed E-state index contributed by atoms with van der Waals surface area (Å²) in [6.45, 7) is 1.81. The van der Waals surface area contributed by atoms with Gasteiger partial charge in [0.05, 0.1) is 21.3 Å². The zero-order valence-electron chi connectivity index (χ0n) is 10.3. The summed E-state index contributed by atoms with van der Waals surface area (Å²) in [4.78, 5) is 11.8. The van der Waals surface area contributed by atoms with E-state index in [9.17, 15) is 4.79 Å². The van der Waals surface area contributed by atoms with E-state index in [1.807, 2.05) is 6.92 Å². The number of benzene rings is 1. The number of nitrogens with zero attached hydrogens (tertiary/aromatic N) is 1. The average molecular weight is 376 g/mol. The number of furan rings is 1. The quantitative estimate of drug-likeness (QED) is 0.637. The van der Waals surface area contributed by atoms with Crippen molar-refractivity contribution in [3.63, 3.8) is 0 Å². The number of carbonyl (C=O) groups excluding carboxylic acids is 1. The molecule has 1 aromatic carbocycles. The van der Waals surface area contributed by atoms with E-state index in [1.165, 1.54) is 18.3 Å². The summed E-state index contributed by atoms with van der Waals surface area (Å²) in [7, 11) is 0. The van der Waals surface area contributed by atoms with E-state index in [0.717, 1.165) is 10.2 Å². The highest BCUT2D eigenvalue weighted by atomic mass is 79.9. The lowest BCUT2D eigenvalue weighted by Gasteiger charge is -2.02. The maximum absolute atomic E-state index is 11.8. The van der Waals surface area contributed by atoms with Gasteiger partial charge in [-0.15, -0.1) is 0 Å². The van der Waals surface area contributed by atoms with Gasteiger partial charge in [-0.05, 0) is 41.1 Å². The molecule has 0 saturated carbocycles. The molecule has 7 heteroatoms. The Morgan fingerprint density at radius 2 is 2.15 bits per heavy atom. The van der Waals surface area contributed by atoms with Crippen molar-refractivity contribution in [3.05, 3.63) is 55.9 Å². The molecule has 0 saturated heterocycles. The number of halogens is 3. The van der Waals surface area contributed by atoms with Crippen LogP contribution in [-0.2, 0) is 0 Å². The van der Waals surface area contributed by atoms with Gasteiger partial charge in [0.25, 0.3) is 5.91 Å². The molecule has 20 heavy (non-hydrogen) atoms. The minimum atomic E-state index is -0.426. The van der Waals surface area contributed by atoms with Crippen LogP contribution in [0.1, 0.15) is 21.9 Å². The first kappa shape index (κ1) is 15.1. The van der Waals surface area contributed by atoms with Gasteiger partial charge in [0.1, 0.15) is 11.5 Å². The first-order valence-electron chi connectivity index (χ1n) is 5.52. The molecule has 0 unspecified atom stereocenters. The van der Waals surface area contributed by atoms with E-state index >= 15 is 0 Å². The van der Waals surface area contributed by atoms with Crippen molar-refractivity contribution >= 4 is 51.3 Å². The minimum Gasteiger partial charge on any atom is -0.459 e. The first-order chi connectivity index (χ1) is 9.47. The lowest BCUT2D eigenvalue weighted by Crippen LogP contribution is -2.17. The van der Waals surface area contributed by atoms with Crippen LogP contribution in [0.5, 0.6) is 0 Å². The van der Waals surface area contributed by atoms with Crippen LogP contribution < -0.4 is 5.43 Å². The maximum atomic E-state index is 11.8. The zero-order chi connectivity index (χ0) is 14.7. The number of hydrazone groups is 1. The van der Waals surface area contributed by atoms with Crippen molar-refractivity contribution in [3.8, 4) is 0 Å². The Balaban J connectivity index is 2.05. The van der Waals surface area contributed by atoms with Crippen molar-refractivity contribution in [2.24, 2.45) is 5.10 Å². The number of rotatable bonds is 3. The summed E-state index contributed by atoms with van der Waals surface area (Å²) in [5.41, 5.74) is 2.66. The molecule has 2 rings (SSSR count). The lowest BCUT2D eigenvalue weighted by molar-refractivity contribution is 0.0955. The number of amides is 1. The number of hydrogen-bond donors (Lipinski definition) is 1. The second-order valence-electron chi connectivity index (χ2n) is 3.88. The molecule has 0 aliphatic rings. The van der Waals surface area contributed by atoms with Gasteiger partial charge in [-0.25, -0.2) is 5.43 Å². The first-order valence-corrected chi connectivity index (χ1v) is 7.06. The molecule has 1 aromatic heterocycles. The van der Waals surface area contributed by atoms with Crippen LogP contribution in [0.4, 0.5) is 0 Å². The lowest BCUT2D eigenvalue weighted by atomic mass is 10.2. The van der Waals surface area contributed by atoms with E-state index in [4.69, 9.17) is 27.6 Å². The molecule has 0 radical (unpaired) electrons. The Bertz CT molecular complexity index is 664. The third kappa shape index (κ3) is 3.62. The molecule has 0 spiro atoms. The Kier molecular flexibility index (Phi) is 4.86.